The first kappa shape index (κ1) is 11.6. The van der Waals surface area contributed by atoms with Crippen LogP contribution in [0.15, 0.2) is 6.20 Å². The second-order valence-electron chi connectivity index (χ2n) is 4.66. The van der Waals surface area contributed by atoms with E-state index in [9.17, 15) is 5.11 Å². The van der Waals surface area contributed by atoms with Crippen LogP contribution in [0.1, 0.15) is 30.4 Å². The van der Waals surface area contributed by atoms with E-state index in [0.717, 1.165) is 24.6 Å². The van der Waals surface area contributed by atoms with Crippen molar-refractivity contribution in [2.45, 2.75) is 31.4 Å². The molecule has 0 radical (unpaired) electrons. The Kier molecular flexibility index (Phi) is 3.01. The maximum Gasteiger partial charge on any atom is 0.105 e. The van der Waals surface area contributed by atoms with Crippen LogP contribution >= 0.6 is 0 Å². The molecule has 5 heteroatoms. The minimum absolute atomic E-state index is 0.394. The maximum atomic E-state index is 10.5. The third-order valence-corrected chi connectivity index (χ3v) is 3.49. The fraction of sp³-hybridized carbons (Fsp3) is 0.727. The summed E-state index contributed by atoms with van der Waals surface area (Å²) in [6.45, 7) is 3.56. The van der Waals surface area contributed by atoms with Crippen molar-refractivity contribution in [3.05, 3.63) is 17.7 Å². The summed E-state index contributed by atoms with van der Waals surface area (Å²) in [4.78, 5) is 4.39. The van der Waals surface area contributed by atoms with Crippen LogP contribution in [-0.4, -0.2) is 33.3 Å². The van der Waals surface area contributed by atoms with Crippen LogP contribution in [0.4, 0.5) is 0 Å². The molecule has 1 aromatic heterocycles. The van der Waals surface area contributed by atoms with Crippen molar-refractivity contribution in [1.29, 1.82) is 0 Å². The Hall–Kier alpha value is -0.910. The van der Waals surface area contributed by atoms with E-state index in [1.54, 1.807) is 0 Å². The predicted molar refractivity (Wildman–Crippen MR) is 61.9 cm³/mol. The number of nitrogens with zero attached hydrogens (tertiary/aromatic N) is 2. The van der Waals surface area contributed by atoms with Gasteiger partial charge in [0.2, 0.25) is 0 Å². The van der Waals surface area contributed by atoms with Crippen molar-refractivity contribution < 1.29 is 5.11 Å². The van der Waals surface area contributed by atoms with Crippen LogP contribution in [0.25, 0.3) is 0 Å². The fourth-order valence-electron chi connectivity index (χ4n) is 2.18. The number of nitrogens with one attached hydrogen (secondary N) is 1. The van der Waals surface area contributed by atoms with Gasteiger partial charge in [-0.25, -0.2) is 4.98 Å². The van der Waals surface area contributed by atoms with Gasteiger partial charge in [-0.2, -0.15) is 0 Å². The van der Waals surface area contributed by atoms with E-state index in [-0.39, 0.29) is 0 Å². The summed E-state index contributed by atoms with van der Waals surface area (Å²) in [5, 5.41) is 13.7. The van der Waals surface area contributed by atoms with Crippen LogP contribution in [0.3, 0.4) is 0 Å². The number of hydrogen-bond acceptors (Lipinski definition) is 4. The monoisotopic (exact) mass is 224 g/mol. The van der Waals surface area contributed by atoms with Gasteiger partial charge in [-0.1, -0.05) is 0 Å². The van der Waals surface area contributed by atoms with Gasteiger partial charge in [-0.3, -0.25) is 0 Å². The van der Waals surface area contributed by atoms with Gasteiger partial charge < -0.3 is 20.7 Å². The minimum Gasteiger partial charge on any atom is -0.388 e. The second kappa shape index (κ2) is 4.16. The Morgan fingerprint density at radius 1 is 1.56 bits per heavy atom. The van der Waals surface area contributed by atoms with Gasteiger partial charge in [0, 0.05) is 13.2 Å². The molecule has 16 heavy (non-hydrogen) atoms. The highest BCUT2D eigenvalue weighted by Gasteiger charge is 2.37. The molecule has 1 aliphatic heterocycles. The van der Waals surface area contributed by atoms with Gasteiger partial charge >= 0.3 is 0 Å². The van der Waals surface area contributed by atoms with Gasteiger partial charge in [-0.05, 0) is 32.9 Å². The van der Waals surface area contributed by atoms with E-state index in [1.807, 2.05) is 24.7 Å². The highest BCUT2D eigenvalue weighted by atomic mass is 16.3. The number of aromatic nitrogens is 2. The van der Waals surface area contributed by atoms with Crippen molar-refractivity contribution in [3.63, 3.8) is 0 Å². The van der Waals surface area contributed by atoms with Gasteiger partial charge in [0.15, 0.2) is 0 Å². The highest BCUT2D eigenvalue weighted by Crippen LogP contribution is 2.30. The molecule has 2 rings (SSSR count). The third-order valence-electron chi connectivity index (χ3n) is 3.49. The normalized spacial score (nSPS) is 22.0. The van der Waals surface area contributed by atoms with Crippen molar-refractivity contribution in [2.75, 3.05) is 13.1 Å². The molecule has 1 fully saturated rings. The van der Waals surface area contributed by atoms with Crippen LogP contribution in [0.2, 0.25) is 0 Å². The van der Waals surface area contributed by atoms with Crippen molar-refractivity contribution in [2.24, 2.45) is 12.8 Å². The Morgan fingerprint density at radius 3 is 2.69 bits per heavy atom. The molecule has 0 spiro atoms. The molecule has 1 aromatic rings. The molecular formula is C11H20N4O. The molecule has 0 aliphatic carbocycles. The van der Waals surface area contributed by atoms with Crippen LogP contribution < -0.4 is 11.1 Å². The summed E-state index contributed by atoms with van der Waals surface area (Å²) in [6.07, 6.45) is 3.27. The second-order valence-corrected chi connectivity index (χ2v) is 4.66. The van der Waals surface area contributed by atoms with Crippen molar-refractivity contribution in [1.82, 2.24) is 14.9 Å². The topological polar surface area (TPSA) is 76.1 Å². The first-order chi connectivity index (χ1) is 7.53. The number of nitrogens with two attached hydrogens (primary N) is 1. The molecule has 0 aromatic carbocycles. The molecule has 1 unspecified atom stereocenters. The Morgan fingerprint density at radius 2 is 2.19 bits per heavy atom. The van der Waals surface area contributed by atoms with E-state index in [1.165, 1.54) is 0 Å². The SMILES string of the molecule is Cc1nc(C(N)C2(O)CCNCC2)cn1C. The van der Waals surface area contributed by atoms with Crippen LogP contribution in [-0.2, 0) is 7.05 Å². The number of hydrogen-bond donors (Lipinski definition) is 3. The first-order valence-electron chi connectivity index (χ1n) is 5.71. The molecule has 0 amide bonds. The smallest absolute Gasteiger partial charge is 0.105 e. The number of aliphatic hydroxyl groups is 1. The quantitative estimate of drug-likeness (QED) is 0.652. The lowest BCUT2D eigenvalue weighted by molar-refractivity contribution is -0.0153. The molecule has 5 nitrogen and oxygen atoms in total. The zero-order chi connectivity index (χ0) is 11.8. The van der Waals surface area contributed by atoms with E-state index >= 15 is 0 Å². The largest absolute Gasteiger partial charge is 0.388 e. The molecule has 1 saturated heterocycles. The van der Waals surface area contributed by atoms with E-state index < -0.39 is 11.6 Å². The summed E-state index contributed by atoms with van der Waals surface area (Å²) in [7, 11) is 1.94. The van der Waals surface area contributed by atoms with E-state index in [0.29, 0.717) is 12.8 Å². The number of rotatable bonds is 2. The average molecular weight is 224 g/mol. The summed E-state index contributed by atoms with van der Waals surface area (Å²) in [5.74, 6) is 0.919. The lowest BCUT2D eigenvalue weighted by Crippen LogP contribution is -2.49. The molecular weight excluding hydrogens is 204 g/mol. The van der Waals surface area contributed by atoms with E-state index in [4.69, 9.17) is 5.73 Å². The number of imidazole rings is 1. The van der Waals surface area contributed by atoms with Gasteiger partial charge in [0.25, 0.3) is 0 Å². The molecule has 0 saturated carbocycles. The molecule has 1 atom stereocenters. The number of piperidine rings is 1. The van der Waals surface area contributed by atoms with Crippen molar-refractivity contribution >= 4 is 0 Å². The van der Waals surface area contributed by atoms with Crippen LogP contribution in [0, 0.1) is 6.92 Å². The van der Waals surface area contributed by atoms with Crippen LogP contribution in [0.5, 0.6) is 0 Å². The third kappa shape index (κ3) is 1.98. The lowest BCUT2D eigenvalue weighted by atomic mass is 9.84. The maximum absolute atomic E-state index is 10.5. The molecule has 0 bridgehead atoms. The minimum atomic E-state index is -0.813. The zero-order valence-corrected chi connectivity index (χ0v) is 9.90. The summed E-state index contributed by atoms with van der Waals surface area (Å²) < 4.78 is 1.93. The zero-order valence-electron chi connectivity index (χ0n) is 9.90. The predicted octanol–water partition coefficient (Wildman–Crippen LogP) is -0.157. The Labute approximate surface area is 95.7 Å². The number of aryl methyl sites for hydroxylation is 2. The van der Waals surface area contributed by atoms with Gasteiger partial charge in [0.05, 0.1) is 17.3 Å². The summed E-state index contributed by atoms with van der Waals surface area (Å²) in [6, 6.07) is -0.394. The Bertz CT molecular complexity index is 349. The van der Waals surface area contributed by atoms with E-state index in [2.05, 4.69) is 10.3 Å². The molecule has 1 aliphatic rings. The lowest BCUT2D eigenvalue weighted by Gasteiger charge is -2.36. The highest BCUT2D eigenvalue weighted by molar-refractivity contribution is 5.13. The first-order valence-corrected chi connectivity index (χ1v) is 5.71. The van der Waals surface area contributed by atoms with Crippen molar-refractivity contribution in [3.8, 4) is 0 Å². The molecule has 2 heterocycles. The molecule has 4 N–H and O–H groups in total. The standard InChI is InChI=1S/C11H20N4O/c1-8-14-9(7-15(8)2)10(12)11(16)3-5-13-6-4-11/h7,10,13,16H,3-6,12H2,1-2H3. The Balaban J connectivity index is 2.20. The summed E-state index contributed by atoms with van der Waals surface area (Å²) >= 11 is 0. The summed E-state index contributed by atoms with van der Waals surface area (Å²) in [5.41, 5.74) is 6.10. The fourth-order valence-corrected chi connectivity index (χ4v) is 2.18. The molecule has 90 valence electrons. The average Bonchev–Trinajstić information content (AvgIpc) is 2.59. The van der Waals surface area contributed by atoms with Gasteiger partial charge in [0.1, 0.15) is 5.82 Å². The van der Waals surface area contributed by atoms with Gasteiger partial charge in [-0.15, -0.1) is 0 Å².